The van der Waals surface area contributed by atoms with Crippen LogP contribution < -0.4 is 4.90 Å². The standard InChI is InChI=1S/C60H55N/c1-57(2,3)44-38-50-49-29-20-32-54(56(49)59(7,8)55(50)53(39-44)58(4,5)6)61(45-35-33-41(34-36-45)40-21-11-9-12-22-40)46-26-19-25-43(37-46)60(42-23-13-10-14-24-42)51-30-17-15-27-47(51)48-28-16-18-31-52(48)60/h9-39H,1-8H3. The fourth-order valence-electron chi connectivity index (χ4n) is 10.7. The topological polar surface area (TPSA) is 3.24 Å². The molecule has 0 heterocycles. The monoisotopic (exact) mass is 789 g/mol. The SMILES string of the molecule is CC(C)(C)c1cc2c(c(C(C)(C)C)c1)C(C)(C)c1c-2cccc1N(c1ccc(-c2ccccc2)cc1)c1cccc(C2(c3ccccc3)c3ccccc3-c3ccccc32)c1. The molecule has 0 N–H and O–H groups in total. The van der Waals surface area contributed by atoms with Crippen LogP contribution in [-0.2, 0) is 21.7 Å². The van der Waals surface area contributed by atoms with Crippen molar-refractivity contribution in [2.75, 3.05) is 4.90 Å². The molecule has 2 aliphatic rings. The molecule has 0 saturated carbocycles. The Bertz CT molecular complexity index is 2890. The van der Waals surface area contributed by atoms with Gasteiger partial charge in [0.15, 0.2) is 0 Å². The van der Waals surface area contributed by atoms with Crippen LogP contribution in [0.3, 0.4) is 0 Å². The van der Waals surface area contributed by atoms with Crippen molar-refractivity contribution in [3.63, 3.8) is 0 Å². The number of rotatable bonds is 6. The van der Waals surface area contributed by atoms with Crippen molar-refractivity contribution in [2.45, 2.75) is 77.0 Å². The molecule has 0 amide bonds. The van der Waals surface area contributed by atoms with Crippen LogP contribution in [-0.4, -0.2) is 0 Å². The Morgan fingerprint density at radius 1 is 0.393 bits per heavy atom. The zero-order valence-electron chi connectivity index (χ0n) is 36.8. The van der Waals surface area contributed by atoms with Crippen LogP contribution in [0.15, 0.2) is 188 Å². The molecule has 8 aromatic rings. The van der Waals surface area contributed by atoms with Gasteiger partial charge >= 0.3 is 0 Å². The highest BCUT2D eigenvalue weighted by atomic mass is 15.1. The summed E-state index contributed by atoms with van der Waals surface area (Å²) in [4.78, 5) is 2.54. The maximum Gasteiger partial charge on any atom is 0.0714 e. The Morgan fingerprint density at radius 3 is 1.56 bits per heavy atom. The van der Waals surface area contributed by atoms with E-state index in [1.165, 1.54) is 83.6 Å². The van der Waals surface area contributed by atoms with Crippen molar-refractivity contribution >= 4 is 17.1 Å². The van der Waals surface area contributed by atoms with Crippen molar-refractivity contribution in [3.05, 3.63) is 233 Å². The van der Waals surface area contributed by atoms with Crippen LogP contribution in [0, 0.1) is 0 Å². The minimum absolute atomic E-state index is 0.0126. The van der Waals surface area contributed by atoms with Gasteiger partial charge in [-0.25, -0.2) is 0 Å². The first kappa shape index (κ1) is 38.7. The Balaban J connectivity index is 1.24. The van der Waals surface area contributed by atoms with Crippen molar-refractivity contribution in [1.29, 1.82) is 0 Å². The lowest BCUT2D eigenvalue weighted by Gasteiger charge is -2.36. The fraction of sp³-hybridized carbons (Fsp3) is 0.200. The van der Waals surface area contributed by atoms with Gasteiger partial charge in [0.2, 0.25) is 0 Å². The molecule has 0 bridgehead atoms. The third-order valence-corrected chi connectivity index (χ3v) is 13.6. The maximum atomic E-state index is 2.54. The first-order chi connectivity index (χ1) is 29.3. The Kier molecular flexibility index (Phi) is 8.93. The highest BCUT2D eigenvalue weighted by Gasteiger charge is 2.47. The first-order valence-electron chi connectivity index (χ1n) is 21.9. The number of nitrogens with zero attached hydrogens (tertiary/aromatic N) is 1. The summed E-state index contributed by atoms with van der Waals surface area (Å²) in [5, 5.41) is 0. The summed E-state index contributed by atoms with van der Waals surface area (Å²) < 4.78 is 0. The summed E-state index contributed by atoms with van der Waals surface area (Å²) in [5.74, 6) is 0. The van der Waals surface area contributed by atoms with E-state index in [1.54, 1.807) is 0 Å². The maximum absolute atomic E-state index is 2.54. The molecule has 2 aliphatic carbocycles. The van der Waals surface area contributed by atoms with Gasteiger partial charge in [-0.15, -0.1) is 0 Å². The summed E-state index contributed by atoms with van der Waals surface area (Å²) >= 11 is 0. The van der Waals surface area contributed by atoms with E-state index >= 15 is 0 Å². The second kappa shape index (κ2) is 14.1. The average Bonchev–Trinajstić information content (AvgIpc) is 3.70. The molecular weight excluding hydrogens is 735 g/mol. The molecule has 0 atom stereocenters. The minimum atomic E-state index is -0.508. The number of benzene rings is 8. The van der Waals surface area contributed by atoms with Gasteiger partial charge in [-0.1, -0.05) is 213 Å². The Labute approximate surface area is 363 Å². The lowest BCUT2D eigenvalue weighted by atomic mass is 9.67. The molecule has 0 aromatic heterocycles. The van der Waals surface area contributed by atoms with Gasteiger partial charge in [0.1, 0.15) is 0 Å². The molecule has 10 rings (SSSR count). The van der Waals surface area contributed by atoms with Crippen molar-refractivity contribution in [3.8, 4) is 33.4 Å². The number of anilines is 3. The summed E-state index contributed by atoms with van der Waals surface area (Å²) in [7, 11) is 0. The lowest BCUT2D eigenvalue weighted by molar-refractivity contribution is 0.545. The van der Waals surface area contributed by atoms with E-state index in [-0.39, 0.29) is 16.2 Å². The van der Waals surface area contributed by atoms with Gasteiger partial charge in [-0.2, -0.15) is 0 Å². The van der Waals surface area contributed by atoms with Crippen LogP contribution in [0.1, 0.15) is 99.9 Å². The molecule has 0 spiro atoms. The zero-order chi connectivity index (χ0) is 42.3. The van der Waals surface area contributed by atoms with Gasteiger partial charge in [0.25, 0.3) is 0 Å². The quantitative estimate of drug-likeness (QED) is 0.162. The van der Waals surface area contributed by atoms with Gasteiger partial charge in [-0.3, -0.25) is 0 Å². The largest absolute Gasteiger partial charge is 0.310 e. The van der Waals surface area contributed by atoms with E-state index < -0.39 is 5.41 Å². The van der Waals surface area contributed by atoms with Crippen LogP contribution in [0.5, 0.6) is 0 Å². The molecule has 61 heavy (non-hydrogen) atoms. The summed E-state index contributed by atoms with van der Waals surface area (Å²) in [5.41, 5.74) is 21.2. The zero-order valence-corrected chi connectivity index (χ0v) is 36.8. The molecule has 0 radical (unpaired) electrons. The van der Waals surface area contributed by atoms with Crippen molar-refractivity contribution < 1.29 is 0 Å². The van der Waals surface area contributed by atoms with Crippen molar-refractivity contribution in [1.82, 2.24) is 0 Å². The van der Waals surface area contributed by atoms with Crippen LogP contribution >= 0.6 is 0 Å². The summed E-state index contributed by atoms with van der Waals surface area (Å²) in [6.07, 6.45) is 0. The molecule has 0 fully saturated rings. The molecule has 1 nitrogen and oxygen atoms in total. The Morgan fingerprint density at radius 2 is 0.934 bits per heavy atom. The van der Waals surface area contributed by atoms with Crippen LogP contribution in [0.25, 0.3) is 33.4 Å². The third-order valence-electron chi connectivity index (χ3n) is 13.6. The Hall–Kier alpha value is -6.44. The highest BCUT2D eigenvalue weighted by Crippen LogP contribution is 2.59. The van der Waals surface area contributed by atoms with Gasteiger partial charge in [0.05, 0.1) is 11.1 Å². The average molecular weight is 790 g/mol. The highest BCUT2D eigenvalue weighted by molar-refractivity contribution is 5.93. The third kappa shape index (κ3) is 6.04. The van der Waals surface area contributed by atoms with E-state index in [2.05, 4.69) is 248 Å². The van der Waals surface area contributed by atoms with E-state index in [9.17, 15) is 0 Å². The van der Waals surface area contributed by atoms with Crippen LogP contribution in [0.2, 0.25) is 0 Å². The second-order valence-electron chi connectivity index (χ2n) is 19.8. The molecule has 1 heteroatoms. The van der Waals surface area contributed by atoms with E-state index in [0.717, 1.165) is 11.4 Å². The number of hydrogen-bond acceptors (Lipinski definition) is 1. The smallest absolute Gasteiger partial charge is 0.0714 e. The molecule has 8 aromatic carbocycles. The minimum Gasteiger partial charge on any atom is -0.310 e. The van der Waals surface area contributed by atoms with Gasteiger partial charge < -0.3 is 4.90 Å². The predicted molar refractivity (Wildman–Crippen MR) is 259 cm³/mol. The lowest BCUT2D eigenvalue weighted by Crippen LogP contribution is -2.29. The van der Waals surface area contributed by atoms with E-state index in [4.69, 9.17) is 0 Å². The predicted octanol–water partition coefficient (Wildman–Crippen LogP) is 16.1. The number of hydrogen-bond donors (Lipinski definition) is 0. The van der Waals surface area contributed by atoms with Crippen molar-refractivity contribution in [2.24, 2.45) is 0 Å². The van der Waals surface area contributed by atoms with Gasteiger partial charge in [-0.05, 0) is 119 Å². The second-order valence-corrected chi connectivity index (χ2v) is 19.8. The van der Waals surface area contributed by atoms with E-state index in [0.29, 0.717) is 0 Å². The summed E-state index contributed by atoms with van der Waals surface area (Å²) in [6.45, 7) is 19.1. The molecular formula is C60H55N. The van der Waals surface area contributed by atoms with E-state index in [1.807, 2.05) is 0 Å². The normalized spacial score (nSPS) is 14.5. The first-order valence-corrected chi connectivity index (χ1v) is 21.9. The molecule has 0 unspecified atom stereocenters. The van der Waals surface area contributed by atoms with Gasteiger partial charge in [0, 0.05) is 16.8 Å². The fourth-order valence-corrected chi connectivity index (χ4v) is 10.7. The summed E-state index contributed by atoms with van der Waals surface area (Å²) in [6, 6.07) is 70.5. The van der Waals surface area contributed by atoms with Crippen LogP contribution in [0.4, 0.5) is 17.1 Å². The molecule has 300 valence electrons. The number of fused-ring (bicyclic) bond motifs is 6. The molecule has 0 aliphatic heterocycles. The molecule has 0 saturated heterocycles.